The Morgan fingerprint density at radius 1 is 0.833 bits per heavy atom. The fourth-order valence-electron chi connectivity index (χ4n) is 3.33. The maximum atomic E-state index is 12.9. The van der Waals surface area contributed by atoms with Crippen LogP contribution in [0.4, 0.5) is 5.69 Å². The first-order valence-corrected chi connectivity index (χ1v) is 9.84. The normalized spacial score (nSPS) is 13.9. The molecule has 0 saturated carbocycles. The minimum Gasteiger partial charge on any atom is -0.497 e. The number of nitrogens with zero attached hydrogens (tertiary/aromatic N) is 1. The van der Waals surface area contributed by atoms with Gasteiger partial charge < -0.3 is 19.1 Å². The number of carbonyl (C=O) groups is 2. The first kappa shape index (κ1) is 21.2. The van der Waals surface area contributed by atoms with Crippen molar-refractivity contribution in [3.05, 3.63) is 83.7 Å². The molecule has 0 radical (unpaired) electrons. The highest BCUT2D eigenvalue weighted by Gasteiger charge is 2.35. The van der Waals surface area contributed by atoms with Crippen LogP contribution in [-0.2, 0) is 19.1 Å². The van der Waals surface area contributed by atoms with Crippen LogP contribution in [0.25, 0.3) is 0 Å². The number of ether oxygens (including phenoxy) is 3. The molecule has 0 aliphatic carbocycles. The molecule has 0 amide bonds. The molecule has 2 aromatic carbocycles. The van der Waals surface area contributed by atoms with Crippen LogP contribution in [0.5, 0.6) is 5.75 Å². The van der Waals surface area contributed by atoms with Gasteiger partial charge in [-0.1, -0.05) is 30.3 Å². The second kappa shape index (κ2) is 9.78. The Balaban J connectivity index is 2.13. The summed E-state index contributed by atoms with van der Waals surface area (Å²) in [5, 5.41) is 0. The molecule has 6 heteroatoms. The van der Waals surface area contributed by atoms with Crippen LogP contribution < -0.4 is 9.64 Å². The van der Waals surface area contributed by atoms with Gasteiger partial charge in [0.15, 0.2) is 0 Å². The summed E-state index contributed by atoms with van der Waals surface area (Å²) in [5.41, 5.74) is 2.31. The minimum absolute atomic E-state index is 0.235. The Morgan fingerprint density at radius 2 is 1.37 bits per heavy atom. The first-order chi connectivity index (χ1) is 14.6. The Bertz CT molecular complexity index is 911. The molecule has 1 aliphatic heterocycles. The van der Waals surface area contributed by atoms with Crippen molar-refractivity contribution in [3.63, 3.8) is 0 Å². The molecule has 0 bridgehead atoms. The lowest BCUT2D eigenvalue weighted by Crippen LogP contribution is -2.29. The number of hydrogen-bond donors (Lipinski definition) is 0. The molecule has 2 aromatic rings. The van der Waals surface area contributed by atoms with Crippen molar-refractivity contribution in [1.82, 2.24) is 0 Å². The van der Waals surface area contributed by atoms with E-state index in [-0.39, 0.29) is 13.2 Å². The molecular formula is C24H25NO5. The summed E-state index contributed by atoms with van der Waals surface area (Å²) < 4.78 is 15.8. The topological polar surface area (TPSA) is 65.1 Å². The Morgan fingerprint density at radius 3 is 1.83 bits per heavy atom. The van der Waals surface area contributed by atoms with Crippen molar-refractivity contribution in [2.24, 2.45) is 0 Å². The number of carbonyl (C=O) groups excluding carboxylic acids is 2. The van der Waals surface area contributed by atoms with Crippen LogP contribution in [0.1, 0.15) is 25.3 Å². The maximum absolute atomic E-state index is 12.9. The van der Waals surface area contributed by atoms with Crippen LogP contribution >= 0.6 is 0 Å². The third-order valence-corrected chi connectivity index (χ3v) is 4.70. The quantitative estimate of drug-likeness (QED) is 0.641. The molecular weight excluding hydrogens is 382 g/mol. The third-order valence-electron chi connectivity index (χ3n) is 4.70. The number of hydrogen-bond acceptors (Lipinski definition) is 6. The zero-order valence-electron chi connectivity index (χ0n) is 17.3. The molecule has 0 unspecified atom stereocenters. The summed E-state index contributed by atoms with van der Waals surface area (Å²) in [6.07, 6.45) is 3.42. The molecule has 0 spiro atoms. The van der Waals surface area contributed by atoms with E-state index in [2.05, 4.69) is 0 Å². The molecule has 0 saturated heterocycles. The summed E-state index contributed by atoms with van der Waals surface area (Å²) in [6.45, 7) is 3.97. The molecule has 0 aromatic heterocycles. The zero-order chi connectivity index (χ0) is 21.5. The van der Waals surface area contributed by atoms with Gasteiger partial charge in [-0.05, 0) is 43.7 Å². The van der Waals surface area contributed by atoms with Gasteiger partial charge in [-0.25, -0.2) is 9.59 Å². The number of anilines is 1. The van der Waals surface area contributed by atoms with E-state index in [0.717, 1.165) is 11.3 Å². The fourth-order valence-corrected chi connectivity index (χ4v) is 3.33. The van der Waals surface area contributed by atoms with Crippen molar-refractivity contribution in [3.8, 4) is 5.75 Å². The van der Waals surface area contributed by atoms with Crippen LogP contribution in [0, 0.1) is 0 Å². The summed E-state index contributed by atoms with van der Waals surface area (Å²) in [6, 6.07) is 16.7. The third kappa shape index (κ3) is 4.54. The molecule has 1 aliphatic rings. The highest BCUT2D eigenvalue weighted by Crippen LogP contribution is 2.38. The molecule has 0 N–H and O–H groups in total. The summed E-state index contributed by atoms with van der Waals surface area (Å²) in [7, 11) is 1.60. The van der Waals surface area contributed by atoms with Crippen molar-refractivity contribution < 1.29 is 23.8 Å². The van der Waals surface area contributed by atoms with Crippen LogP contribution in [-0.4, -0.2) is 32.3 Å². The Labute approximate surface area is 176 Å². The van der Waals surface area contributed by atoms with Gasteiger partial charge in [0, 0.05) is 18.1 Å². The molecule has 1 heterocycles. The van der Waals surface area contributed by atoms with Gasteiger partial charge in [0.05, 0.1) is 37.4 Å². The second-order valence-corrected chi connectivity index (χ2v) is 6.56. The van der Waals surface area contributed by atoms with Crippen molar-refractivity contribution in [1.29, 1.82) is 0 Å². The van der Waals surface area contributed by atoms with Crippen molar-refractivity contribution in [2.75, 3.05) is 25.2 Å². The molecule has 0 atom stereocenters. The van der Waals surface area contributed by atoms with Crippen LogP contribution in [0.2, 0.25) is 0 Å². The van der Waals surface area contributed by atoms with Gasteiger partial charge in [0.1, 0.15) is 5.75 Å². The standard InChI is InChI=1S/C24H25NO5/c1-4-29-23(26)20-15-25(18-11-13-19(28-3)14-12-18)16-21(24(27)30-5-2)22(20)17-9-7-6-8-10-17/h6-16,22H,4-5H2,1-3H3. The first-order valence-electron chi connectivity index (χ1n) is 9.84. The molecule has 156 valence electrons. The number of methoxy groups -OCH3 is 1. The van der Waals surface area contributed by atoms with E-state index in [4.69, 9.17) is 14.2 Å². The maximum Gasteiger partial charge on any atom is 0.336 e. The van der Waals surface area contributed by atoms with Gasteiger partial charge in [-0.2, -0.15) is 0 Å². The monoisotopic (exact) mass is 407 g/mol. The zero-order valence-corrected chi connectivity index (χ0v) is 17.3. The second-order valence-electron chi connectivity index (χ2n) is 6.56. The van der Waals surface area contributed by atoms with E-state index in [1.807, 2.05) is 54.6 Å². The minimum atomic E-state index is -0.584. The average molecular weight is 407 g/mol. The summed E-state index contributed by atoms with van der Waals surface area (Å²) in [4.78, 5) is 27.5. The van der Waals surface area contributed by atoms with Gasteiger partial charge in [0.25, 0.3) is 0 Å². The van der Waals surface area contributed by atoms with Crippen LogP contribution in [0.3, 0.4) is 0 Å². The SMILES string of the molecule is CCOC(=O)C1=CN(c2ccc(OC)cc2)C=C(C(=O)OCC)C1c1ccccc1. The summed E-state index contributed by atoms with van der Waals surface area (Å²) >= 11 is 0. The summed E-state index contributed by atoms with van der Waals surface area (Å²) in [5.74, 6) is -0.819. The van der Waals surface area contributed by atoms with Crippen LogP contribution in [0.15, 0.2) is 78.1 Å². The lowest BCUT2D eigenvalue weighted by Gasteiger charge is -2.30. The van der Waals surface area contributed by atoms with E-state index < -0.39 is 17.9 Å². The molecule has 3 rings (SSSR count). The number of esters is 2. The van der Waals surface area contributed by atoms with Crippen molar-refractivity contribution >= 4 is 17.6 Å². The smallest absolute Gasteiger partial charge is 0.336 e. The predicted molar refractivity (Wildman–Crippen MR) is 114 cm³/mol. The van der Waals surface area contributed by atoms with E-state index >= 15 is 0 Å². The van der Waals surface area contributed by atoms with Gasteiger partial charge in [-0.3, -0.25) is 0 Å². The van der Waals surface area contributed by atoms with E-state index in [0.29, 0.717) is 16.9 Å². The highest BCUT2D eigenvalue weighted by atomic mass is 16.5. The van der Waals surface area contributed by atoms with E-state index in [9.17, 15) is 9.59 Å². The van der Waals surface area contributed by atoms with Crippen molar-refractivity contribution in [2.45, 2.75) is 19.8 Å². The number of rotatable bonds is 7. The molecule has 6 nitrogen and oxygen atoms in total. The molecule has 30 heavy (non-hydrogen) atoms. The van der Waals surface area contributed by atoms with Gasteiger partial charge >= 0.3 is 11.9 Å². The van der Waals surface area contributed by atoms with E-state index in [1.54, 1.807) is 38.3 Å². The van der Waals surface area contributed by atoms with Gasteiger partial charge in [0.2, 0.25) is 0 Å². The predicted octanol–water partition coefficient (Wildman–Crippen LogP) is 4.19. The largest absolute Gasteiger partial charge is 0.497 e. The van der Waals surface area contributed by atoms with E-state index in [1.165, 1.54) is 0 Å². The fraction of sp³-hybridized carbons (Fsp3) is 0.250. The average Bonchev–Trinajstić information content (AvgIpc) is 2.79. The highest BCUT2D eigenvalue weighted by molar-refractivity contribution is 6.00. The van der Waals surface area contributed by atoms with Gasteiger partial charge in [-0.15, -0.1) is 0 Å². The lowest BCUT2D eigenvalue weighted by molar-refractivity contribution is -0.139. The Hall–Kier alpha value is -3.54. The molecule has 0 fully saturated rings. The Kier molecular flexibility index (Phi) is 6.91. The lowest BCUT2D eigenvalue weighted by atomic mass is 9.83. The number of benzene rings is 2.